The van der Waals surface area contributed by atoms with Crippen LogP contribution in [0, 0.1) is 5.41 Å². The Morgan fingerprint density at radius 1 is 0.957 bits per heavy atom. The van der Waals surface area contributed by atoms with Crippen LogP contribution in [0.15, 0.2) is 72.8 Å². The number of rotatable bonds is 14. The highest BCUT2D eigenvalue weighted by Gasteiger charge is 2.32. The highest BCUT2D eigenvalue weighted by Crippen LogP contribution is 2.13. The van der Waals surface area contributed by atoms with Gasteiger partial charge >= 0.3 is 11.9 Å². The standard InChI is InChI=1S/C30H37ClN6O8S/c1-18(2)28(40)44-16-25(36-46(42,43)17-22-7-11-23(31)12-8-22)27(39)37(6)20(5)26(38)33-15-21-9-13-24(14-10-21)34-30(32)35-45-29(41)19(3)4/h7-14,20,25,36H,1,3,15-17H2,2,4-6H3,(H,33,38)(H3,32,34,35)/t20-,25+/m0/s1. The van der Waals surface area contributed by atoms with Crippen molar-refractivity contribution in [3.05, 3.63) is 89.0 Å². The molecule has 248 valence electrons. The number of benzene rings is 2. The Kier molecular flexibility index (Phi) is 13.9. The molecule has 0 unspecified atom stereocenters. The fourth-order valence-corrected chi connectivity index (χ4v) is 4.95. The number of nitrogens with one attached hydrogen (secondary N) is 5. The zero-order valence-electron chi connectivity index (χ0n) is 25.8. The molecule has 0 aliphatic heterocycles. The number of carbonyl (C=O) groups is 4. The molecule has 5 N–H and O–H groups in total. The minimum atomic E-state index is -4.11. The SMILES string of the molecule is C=C(C)C(=O)OC[C@@H](NS(=O)(=O)Cc1ccc(Cl)cc1)C(=O)N(C)[C@@H](C)C(=O)NCc1ccc(NC(=N)NOC(=O)C(=C)C)cc1. The number of hydroxylamine groups is 1. The highest BCUT2D eigenvalue weighted by molar-refractivity contribution is 7.88. The van der Waals surface area contributed by atoms with E-state index in [1.807, 2.05) is 0 Å². The molecule has 0 aliphatic rings. The molecule has 46 heavy (non-hydrogen) atoms. The summed E-state index contributed by atoms with van der Waals surface area (Å²) in [5.41, 5.74) is 3.96. The fraction of sp³-hybridized carbons (Fsp3) is 0.300. The minimum Gasteiger partial charge on any atom is -0.460 e. The predicted octanol–water partition coefficient (Wildman–Crippen LogP) is 2.38. The third kappa shape index (κ3) is 12.3. The molecule has 2 aromatic rings. The minimum absolute atomic E-state index is 0.0548. The van der Waals surface area contributed by atoms with Crippen LogP contribution in [0.2, 0.25) is 5.02 Å². The molecular formula is C30H37ClN6O8S. The molecule has 0 bridgehead atoms. The van der Waals surface area contributed by atoms with Crippen LogP contribution in [0.4, 0.5) is 5.69 Å². The van der Waals surface area contributed by atoms with E-state index in [9.17, 15) is 27.6 Å². The van der Waals surface area contributed by atoms with Gasteiger partial charge in [-0.15, -0.1) is 0 Å². The second-order valence-corrected chi connectivity index (χ2v) is 12.4. The van der Waals surface area contributed by atoms with Gasteiger partial charge in [0, 0.05) is 35.4 Å². The molecule has 0 radical (unpaired) electrons. The van der Waals surface area contributed by atoms with E-state index in [2.05, 4.69) is 38.8 Å². The Morgan fingerprint density at radius 3 is 2.09 bits per heavy atom. The van der Waals surface area contributed by atoms with E-state index >= 15 is 0 Å². The topological polar surface area (TPSA) is 196 Å². The van der Waals surface area contributed by atoms with Gasteiger partial charge in [0.25, 0.3) is 0 Å². The summed E-state index contributed by atoms with van der Waals surface area (Å²) in [4.78, 5) is 55.5. The summed E-state index contributed by atoms with van der Waals surface area (Å²) in [6, 6.07) is 10.1. The largest absolute Gasteiger partial charge is 0.460 e. The van der Waals surface area contributed by atoms with Crippen LogP contribution in [-0.4, -0.2) is 68.8 Å². The van der Waals surface area contributed by atoms with Gasteiger partial charge in [0.15, 0.2) is 0 Å². The van der Waals surface area contributed by atoms with Gasteiger partial charge in [0.2, 0.25) is 27.8 Å². The second-order valence-electron chi connectivity index (χ2n) is 10.2. The Labute approximate surface area is 272 Å². The van der Waals surface area contributed by atoms with Crippen molar-refractivity contribution in [1.82, 2.24) is 20.4 Å². The molecule has 2 amide bonds. The number of amides is 2. The van der Waals surface area contributed by atoms with Crippen LogP contribution in [-0.2, 0) is 51.1 Å². The van der Waals surface area contributed by atoms with E-state index in [1.54, 1.807) is 24.3 Å². The summed E-state index contributed by atoms with van der Waals surface area (Å²) in [6.07, 6.45) is 0. The third-order valence-corrected chi connectivity index (χ3v) is 7.82. The number of esters is 1. The predicted molar refractivity (Wildman–Crippen MR) is 173 cm³/mol. The lowest BCUT2D eigenvalue weighted by atomic mass is 10.2. The van der Waals surface area contributed by atoms with Crippen LogP contribution in [0.3, 0.4) is 0 Å². The van der Waals surface area contributed by atoms with Gasteiger partial charge in [-0.05, 0) is 56.2 Å². The van der Waals surface area contributed by atoms with Crippen molar-refractivity contribution >= 4 is 57.0 Å². The molecular weight excluding hydrogens is 640 g/mol. The van der Waals surface area contributed by atoms with Crippen LogP contribution in [0.25, 0.3) is 0 Å². The lowest BCUT2D eigenvalue weighted by molar-refractivity contribution is -0.145. The number of sulfonamides is 1. The summed E-state index contributed by atoms with van der Waals surface area (Å²) < 4.78 is 33.2. The van der Waals surface area contributed by atoms with E-state index in [-0.39, 0.29) is 23.7 Å². The molecule has 0 aliphatic carbocycles. The van der Waals surface area contributed by atoms with Crippen LogP contribution in [0.1, 0.15) is 31.9 Å². The van der Waals surface area contributed by atoms with Crippen molar-refractivity contribution < 1.29 is 37.2 Å². The smallest absolute Gasteiger partial charge is 0.358 e. The van der Waals surface area contributed by atoms with E-state index in [0.717, 1.165) is 4.90 Å². The fourth-order valence-electron chi connectivity index (χ4n) is 3.51. The molecule has 2 aromatic carbocycles. The zero-order chi connectivity index (χ0) is 34.6. The number of hydrogen-bond donors (Lipinski definition) is 5. The van der Waals surface area contributed by atoms with E-state index in [0.29, 0.717) is 21.8 Å². The Bertz CT molecular complexity index is 1580. The summed E-state index contributed by atoms with van der Waals surface area (Å²) >= 11 is 5.87. The van der Waals surface area contributed by atoms with Crippen molar-refractivity contribution in [2.75, 3.05) is 19.0 Å². The second kappa shape index (κ2) is 17.1. The first-order chi connectivity index (χ1) is 21.5. The Morgan fingerprint density at radius 2 is 1.52 bits per heavy atom. The Balaban J connectivity index is 2.02. The Hall–Kier alpha value is -4.73. The van der Waals surface area contributed by atoms with E-state index < -0.39 is 58.2 Å². The summed E-state index contributed by atoms with van der Waals surface area (Å²) in [7, 11) is -2.79. The maximum Gasteiger partial charge on any atom is 0.358 e. The number of halogens is 1. The molecule has 0 saturated heterocycles. The summed E-state index contributed by atoms with van der Waals surface area (Å²) in [5, 5.41) is 13.6. The normalized spacial score (nSPS) is 12.1. The van der Waals surface area contributed by atoms with Crippen molar-refractivity contribution in [2.45, 2.75) is 45.2 Å². The van der Waals surface area contributed by atoms with E-state index in [1.165, 1.54) is 52.1 Å². The first-order valence-corrected chi connectivity index (χ1v) is 15.7. The van der Waals surface area contributed by atoms with E-state index in [4.69, 9.17) is 21.7 Å². The van der Waals surface area contributed by atoms with Crippen molar-refractivity contribution in [3.63, 3.8) is 0 Å². The number of anilines is 1. The van der Waals surface area contributed by atoms with Crippen LogP contribution >= 0.6 is 11.6 Å². The third-order valence-electron chi connectivity index (χ3n) is 6.21. The van der Waals surface area contributed by atoms with Gasteiger partial charge in [0.05, 0.1) is 5.75 Å². The van der Waals surface area contributed by atoms with Gasteiger partial charge in [-0.1, -0.05) is 49.0 Å². The quantitative estimate of drug-likeness (QED) is 0.0652. The van der Waals surface area contributed by atoms with Crippen LogP contribution < -0.4 is 20.8 Å². The number of nitrogens with zero attached hydrogens (tertiary/aromatic N) is 1. The lowest BCUT2D eigenvalue weighted by Crippen LogP contribution is -2.55. The molecule has 0 spiro atoms. The lowest BCUT2D eigenvalue weighted by Gasteiger charge is -2.28. The van der Waals surface area contributed by atoms with Crippen molar-refractivity contribution in [3.8, 4) is 0 Å². The first kappa shape index (κ1) is 37.5. The first-order valence-electron chi connectivity index (χ1n) is 13.7. The van der Waals surface area contributed by atoms with Crippen LogP contribution in [0.5, 0.6) is 0 Å². The molecule has 16 heteroatoms. The highest BCUT2D eigenvalue weighted by atomic mass is 35.5. The number of hydrogen-bond acceptors (Lipinski definition) is 9. The molecule has 0 aromatic heterocycles. The zero-order valence-corrected chi connectivity index (χ0v) is 27.4. The van der Waals surface area contributed by atoms with Gasteiger partial charge in [-0.25, -0.2) is 18.0 Å². The monoisotopic (exact) mass is 676 g/mol. The summed E-state index contributed by atoms with van der Waals surface area (Å²) in [5.74, 6) is -3.64. The average molecular weight is 677 g/mol. The number of ether oxygens (including phenoxy) is 1. The van der Waals surface area contributed by atoms with Gasteiger partial charge in [-0.2, -0.15) is 10.2 Å². The van der Waals surface area contributed by atoms with Gasteiger partial charge in [-0.3, -0.25) is 15.0 Å². The average Bonchev–Trinajstić information content (AvgIpc) is 3.00. The van der Waals surface area contributed by atoms with Crippen molar-refractivity contribution in [1.29, 1.82) is 5.41 Å². The number of carbonyl (C=O) groups excluding carboxylic acids is 4. The molecule has 0 heterocycles. The number of guanidine groups is 1. The molecule has 14 nitrogen and oxygen atoms in total. The summed E-state index contributed by atoms with van der Waals surface area (Å²) in [6.45, 7) is 10.7. The molecule has 0 fully saturated rings. The molecule has 2 rings (SSSR count). The molecule has 0 saturated carbocycles. The maximum atomic E-state index is 13.4. The molecule has 2 atom stereocenters. The van der Waals surface area contributed by atoms with Crippen molar-refractivity contribution in [2.24, 2.45) is 0 Å². The van der Waals surface area contributed by atoms with Gasteiger partial charge < -0.3 is 25.1 Å². The number of likely N-dealkylation sites (N-methyl/N-ethyl adjacent to an activating group) is 1. The van der Waals surface area contributed by atoms with Gasteiger partial charge in [0.1, 0.15) is 18.7 Å². The maximum absolute atomic E-state index is 13.4.